The standard InChI is InChI=1S/C12H15BrO3/c1-3-4-5-16-12-9(8-14)6-10(13)7-11(12)15-2/h6-8H,3-5H2,1-2H3. The molecule has 0 atom stereocenters. The molecule has 0 bridgehead atoms. The van der Waals surface area contributed by atoms with E-state index in [0.29, 0.717) is 23.7 Å². The third-order valence-corrected chi connectivity index (χ3v) is 2.60. The largest absolute Gasteiger partial charge is 0.493 e. The molecule has 1 aromatic carbocycles. The fraction of sp³-hybridized carbons (Fsp3) is 0.417. The fourth-order valence-electron chi connectivity index (χ4n) is 1.30. The smallest absolute Gasteiger partial charge is 0.171 e. The summed E-state index contributed by atoms with van der Waals surface area (Å²) in [5.41, 5.74) is 0.502. The molecule has 88 valence electrons. The van der Waals surface area contributed by atoms with Crippen LogP contribution in [0.3, 0.4) is 0 Å². The van der Waals surface area contributed by atoms with Gasteiger partial charge in [-0.15, -0.1) is 0 Å². The van der Waals surface area contributed by atoms with Gasteiger partial charge < -0.3 is 9.47 Å². The molecule has 0 fully saturated rings. The van der Waals surface area contributed by atoms with Gasteiger partial charge in [-0.2, -0.15) is 0 Å². The van der Waals surface area contributed by atoms with E-state index in [2.05, 4.69) is 22.9 Å². The van der Waals surface area contributed by atoms with Crippen molar-refractivity contribution in [2.45, 2.75) is 19.8 Å². The van der Waals surface area contributed by atoms with Gasteiger partial charge in [0, 0.05) is 4.47 Å². The Kier molecular flexibility index (Phi) is 5.32. The van der Waals surface area contributed by atoms with Gasteiger partial charge in [-0.3, -0.25) is 4.79 Å². The number of aldehydes is 1. The molecular weight excluding hydrogens is 272 g/mol. The molecule has 16 heavy (non-hydrogen) atoms. The minimum Gasteiger partial charge on any atom is -0.493 e. The van der Waals surface area contributed by atoms with Crippen LogP contribution in [0.25, 0.3) is 0 Å². The number of methoxy groups -OCH3 is 1. The highest BCUT2D eigenvalue weighted by Gasteiger charge is 2.11. The molecule has 0 aliphatic carbocycles. The maximum absolute atomic E-state index is 10.9. The van der Waals surface area contributed by atoms with E-state index in [1.165, 1.54) is 0 Å². The lowest BCUT2D eigenvalue weighted by Gasteiger charge is -2.12. The van der Waals surface area contributed by atoms with Crippen LogP contribution in [0, 0.1) is 0 Å². The van der Waals surface area contributed by atoms with E-state index < -0.39 is 0 Å². The lowest BCUT2D eigenvalue weighted by Crippen LogP contribution is -2.02. The molecule has 0 unspecified atom stereocenters. The van der Waals surface area contributed by atoms with Crippen molar-refractivity contribution in [1.29, 1.82) is 0 Å². The number of carbonyl (C=O) groups is 1. The number of benzene rings is 1. The minimum absolute atomic E-state index is 0.502. The SMILES string of the molecule is CCCCOc1c(C=O)cc(Br)cc1OC. The Bertz CT molecular complexity index is 364. The van der Waals surface area contributed by atoms with Gasteiger partial charge in [-0.1, -0.05) is 29.3 Å². The second kappa shape index (κ2) is 6.53. The summed E-state index contributed by atoms with van der Waals surface area (Å²) in [5.74, 6) is 1.10. The van der Waals surface area contributed by atoms with Gasteiger partial charge in [0.15, 0.2) is 17.8 Å². The minimum atomic E-state index is 0.502. The van der Waals surface area contributed by atoms with Crippen LogP contribution in [0.1, 0.15) is 30.1 Å². The first kappa shape index (κ1) is 13.0. The maximum atomic E-state index is 10.9. The van der Waals surface area contributed by atoms with Gasteiger partial charge in [0.1, 0.15) is 0 Å². The number of ether oxygens (including phenoxy) is 2. The summed E-state index contributed by atoms with van der Waals surface area (Å²) in [6, 6.07) is 3.51. The van der Waals surface area contributed by atoms with Crippen LogP contribution in [0.2, 0.25) is 0 Å². The van der Waals surface area contributed by atoms with Crippen LogP contribution in [-0.2, 0) is 0 Å². The van der Waals surface area contributed by atoms with E-state index in [1.54, 1.807) is 19.2 Å². The van der Waals surface area contributed by atoms with Crippen LogP contribution in [-0.4, -0.2) is 20.0 Å². The Labute approximate surface area is 104 Å². The van der Waals surface area contributed by atoms with E-state index in [4.69, 9.17) is 9.47 Å². The van der Waals surface area contributed by atoms with Crippen LogP contribution >= 0.6 is 15.9 Å². The van der Waals surface area contributed by atoms with E-state index in [1.807, 2.05) is 0 Å². The maximum Gasteiger partial charge on any atom is 0.171 e. The highest BCUT2D eigenvalue weighted by Crippen LogP contribution is 2.34. The number of hydrogen-bond acceptors (Lipinski definition) is 3. The highest BCUT2D eigenvalue weighted by molar-refractivity contribution is 9.10. The second-order valence-electron chi connectivity index (χ2n) is 3.35. The lowest BCUT2D eigenvalue weighted by atomic mass is 10.2. The molecule has 0 radical (unpaired) electrons. The van der Waals surface area contributed by atoms with Gasteiger partial charge in [0.25, 0.3) is 0 Å². The Morgan fingerprint density at radius 1 is 1.44 bits per heavy atom. The zero-order valence-electron chi connectivity index (χ0n) is 9.46. The number of hydrogen-bond donors (Lipinski definition) is 0. The molecule has 0 saturated carbocycles. The van der Waals surface area contributed by atoms with Crippen molar-refractivity contribution in [3.63, 3.8) is 0 Å². The second-order valence-corrected chi connectivity index (χ2v) is 4.26. The monoisotopic (exact) mass is 286 g/mol. The van der Waals surface area contributed by atoms with Gasteiger partial charge in [-0.25, -0.2) is 0 Å². The Morgan fingerprint density at radius 3 is 2.75 bits per heavy atom. The number of unbranched alkanes of at least 4 members (excludes halogenated alkanes) is 1. The summed E-state index contributed by atoms with van der Waals surface area (Å²) in [5, 5.41) is 0. The Balaban J connectivity index is 2.97. The van der Waals surface area contributed by atoms with Crippen molar-refractivity contribution in [1.82, 2.24) is 0 Å². The van der Waals surface area contributed by atoms with Gasteiger partial charge in [0.05, 0.1) is 19.3 Å². The van der Waals surface area contributed by atoms with Gasteiger partial charge >= 0.3 is 0 Å². The third kappa shape index (κ3) is 3.23. The first-order chi connectivity index (χ1) is 7.72. The summed E-state index contributed by atoms with van der Waals surface area (Å²) >= 11 is 3.32. The molecule has 0 amide bonds. The zero-order chi connectivity index (χ0) is 12.0. The van der Waals surface area contributed by atoms with Crippen LogP contribution < -0.4 is 9.47 Å². The predicted molar refractivity (Wildman–Crippen MR) is 66.5 cm³/mol. The Hall–Kier alpha value is -1.03. The third-order valence-electron chi connectivity index (χ3n) is 2.14. The van der Waals surface area contributed by atoms with E-state index in [0.717, 1.165) is 23.6 Å². The van der Waals surface area contributed by atoms with Gasteiger partial charge in [0.2, 0.25) is 0 Å². The average Bonchev–Trinajstić information content (AvgIpc) is 2.30. The molecule has 1 rings (SSSR count). The van der Waals surface area contributed by atoms with Crippen molar-refractivity contribution in [3.05, 3.63) is 22.2 Å². The average molecular weight is 287 g/mol. The molecule has 3 nitrogen and oxygen atoms in total. The molecule has 0 N–H and O–H groups in total. The van der Waals surface area contributed by atoms with E-state index in [-0.39, 0.29) is 0 Å². The van der Waals surface area contributed by atoms with Crippen molar-refractivity contribution >= 4 is 22.2 Å². The van der Waals surface area contributed by atoms with E-state index >= 15 is 0 Å². The molecule has 0 spiro atoms. The molecule has 0 aliphatic heterocycles. The highest BCUT2D eigenvalue weighted by atomic mass is 79.9. The summed E-state index contributed by atoms with van der Waals surface area (Å²) in [4.78, 5) is 10.9. The fourth-order valence-corrected chi connectivity index (χ4v) is 1.76. The van der Waals surface area contributed by atoms with Crippen molar-refractivity contribution in [2.24, 2.45) is 0 Å². The molecule has 0 aliphatic rings. The molecular formula is C12H15BrO3. The quantitative estimate of drug-likeness (QED) is 0.594. The van der Waals surface area contributed by atoms with Crippen LogP contribution in [0.5, 0.6) is 11.5 Å². The summed E-state index contributed by atoms with van der Waals surface area (Å²) in [6.07, 6.45) is 2.78. The number of halogens is 1. The summed E-state index contributed by atoms with van der Waals surface area (Å²) in [7, 11) is 1.56. The number of rotatable bonds is 6. The van der Waals surface area contributed by atoms with Crippen molar-refractivity contribution in [2.75, 3.05) is 13.7 Å². The molecule has 0 aromatic heterocycles. The normalized spacial score (nSPS) is 9.94. The van der Waals surface area contributed by atoms with Crippen LogP contribution in [0.4, 0.5) is 0 Å². The van der Waals surface area contributed by atoms with Crippen molar-refractivity contribution < 1.29 is 14.3 Å². The topological polar surface area (TPSA) is 35.5 Å². The first-order valence-electron chi connectivity index (χ1n) is 5.18. The number of carbonyl (C=O) groups excluding carboxylic acids is 1. The summed E-state index contributed by atoms with van der Waals surface area (Å²) in [6.45, 7) is 2.68. The molecule has 1 aromatic rings. The first-order valence-corrected chi connectivity index (χ1v) is 5.97. The lowest BCUT2D eigenvalue weighted by molar-refractivity contribution is 0.111. The summed E-state index contributed by atoms with van der Waals surface area (Å²) < 4.78 is 11.6. The van der Waals surface area contributed by atoms with Crippen molar-refractivity contribution in [3.8, 4) is 11.5 Å². The zero-order valence-corrected chi connectivity index (χ0v) is 11.0. The predicted octanol–water partition coefficient (Wildman–Crippen LogP) is 3.45. The molecule has 0 heterocycles. The van der Waals surface area contributed by atoms with Gasteiger partial charge in [-0.05, 0) is 18.6 Å². The molecule has 4 heteroatoms. The van der Waals surface area contributed by atoms with Crippen LogP contribution in [0.15, 0.2) is 16.6 Å². The Morgan fingerprint density at radius 2 is 2.19 bits per heavy atom. The molecule has 0 saturated heterocycles. The van der Waals surface area contributed by atoms with E-state index in [9.17, 15) is 4.79 Å².